The van der Waals surface area contributed by atoms with E-state index < -0.39 is 12.8 Å². The quantitative estimate of drug-likeness (QED) is 0.830. The lowest BCUT2D eigenvalue weighted by Gasteiger charge is -2.19. The van der Waals surface area contributed by atoms with Gasteiger partial charge in [0.1, 0.15) is 6.61 Å². The van der Waals surface area contributed by atoms with Crippen LogP contribution in [0, 0.1) is 0 Å². The SMILES string of the molecule is CCNCC(COCC(F)(F)F)c1cccc(Cl)c1. The average molecular weight is 296 g/mol. The number of rotatable bonds is 7. The molecule has 1 N–H and O–H groups in total. The predicted molar refractivity (Wildman–Crippen MR) is 69.6 cm³/mol. The summed E-state index contributed by atoms with van der Waals surface area (Å²) in [6.07, 6.45) is -4.29. The summed E-state index contributed by atoms with van der Waals surface area (Å²) in [5.74, 6) is -0.152. The topological polar surface area (TPSA) is 21.3 Å². The number of benzene rings is 1. The van der Waals surface area contributed by atoms with E-state index in [2.05, 4.69) is 5.32 Å². The molecule has 0 radical (unpaired) electrons. The summed E-state index contributed by atoms with van der Waals surface area (Å²) in [7, 11) is 0. The van der Waals surface area contributed by atoms with E-state index in [1.807, 2.05) is 13.0 Å². The first-order valence-electron chi connectivity index (χ1n) is 6.03. The Morgan fingerprint density at radius 1 is 1.37 bits per heavy atom. The lowest BCUT2D eigenvalue weighted by atomic mass is 10.00. The molecule has 108 valence electrons. The Kier molecular flexibility index (Phi) is 6.62. The average Bonchev–Trinajstić information content (AvgIpc) is 2.32. The second-order valence-corrected chi connectivity index (χ2v) is 4.63. The molecule has 0 bridgehead atoms. The summed E-state index contributed by atoms with van der Waals surface area (Å²) < 4.78 is 40.9. The van der Waals surface area contributed by atoms with Crippen molar-refractivity contribution in [3.05, 3.63) is 34.9 Å². The van der Waals surface area contributed by atoms with Gasteiger partial charge in [0.15, 0.2) is 0 Å². The van der Waals surface area contributed by atoms with Crippen LogP contribution >= 0.6 is 11.6 Å². The van der Waals surface area contributed by atoms with E-state index in [1.165, 1.54) is 0 Å². The van der Waals surface area contributed by atoms with Gasteiger partial charge < -0.3 is 10.1 Å². The standard InChI is InChI=1S/C13H17ClF3NO/c1-2-18-7-11(8-19-9-13(15,16)17)10-4-3-5-12(14)6-10/h3-6,11,18H,2,7-9H2,1H3. The summed E-state index contributed by atoms with van der Waals surface area (Å²) in [5.41, 5.74) is 0.871. The third-order valence-corrected chi connectivity index (χ3v) is 2.78. The second kappa shape index (κ2) is 7.72. The maximum Gasteiger partial charge on any atom is 0.411 e. The highest BCUT2D eigenvalue weighted by atomic mass is 35.5. The zero-order chi connectivity index (χ0) is 14.3. The molecule has 1 aromatic rings. The van der Waals surface area contributed by atoms with Crippen LogP contribution < -0.4 is 5.32 Å². The minimum Gasteiger partial charge on any atom is -0.371 e. The van der Waals surface area contributed by atoms with Gasteiger partial charge in [-0.25, -0.2) is 0 Å². The number of ether oxygens (including phenoxy) is 1. The van der Waals surface area contributed by atoms with Gasteiger partial charge in [0.05, 0.1) is 6.61 Å². The fraction of sp³-hybridized carbons (Fsp3) is 0.538. The molecule has 1 unspecified atom stereocenters. The first-order valence-corrected chi connectivity index (χ1v) is 6.41. The van der Waals surface area contributed by atoms with E-state index in [0.717, 1.165) is 12.1 Å². The molecule has 0 saturated carbocycles. The first-order chi connectivity index (χ1) is 8.92. The molecular weight excluding hydrogens is 279 g/mol. The second-order valence-electron chi connectivity index (χ2n) is 4.19. The van der Waals surface area contributed by atoms with Gasteiger partial charge in [-0.3, -0.25) is 0 Å². The minimum atomic E-state index is -4.29. The van der Waals surface area contributed by atoms with Gasteiger partial charge in [-0.1, -0.05) is 30.7 Å². The smallest absolute Gasteiger partial charge is 0.371 e. The highest BCUT2D eigenvalue weighted by Gasteiger charge is 2.28. The van der Waals surface area contributed by atoms with Crippen molar-refractivity contribution in [3.63, 3.8) is 0 Å². The molecule has 6 heteroatoms. The number of alkyl halides is 3. The summed E-state index contributed by atoms with van der Waals surface area (Å²) >= 11 is 5.89. The van der Waals surface area contributed by atoms with Gasteiger partial charge in [-0.2, -0.15) is 13.2 Å². The Bertz CT molecular complexity index is 384. The van der Waals surface area contributed by atoms with E-state index in [0.29, 0.717) is 11.6 Å². The largest absolute Gasteiger partial charge is 0.411 e. The number of nitrogens with one attached hydrogen (secondary N) is 1. The molecule has 1 aromatic carbocycles. The Morgan fingerprint density at radius 2 is 2.11 bits per heavy atom. The van der Waals surface area contributed by atoms with Crippen LogP contribution in [-0.2, 0) is 4.74 Å². The molecule has 1 rings (SSSR count). The van der Waals surface area contributed by atoms with Crippen molar-refractivity contribution in [1.82, 2.24) is 5.32 Å². The molecule has 0 saturated heterocycles. The van der Waals surface area contributed by atoms with Gasteiger partial charge >= 0.3 is 6.18 Å². The van der Waals surface area contributed by atoms with E-state index in [9.17, 15) is 13.2 Å². The summed E-state index contributed by atoms with van der Waals surface area (Å²) in [6, 6.07) is 7.09. The normalized spacial score (nSPS) is 13.5. The number of halogens is 4. The van der Waals surface area contributed by atoms with E-state index in [-0.39, 0.29) is 12.5 Å². The van der Waals surface area contributed by atoms with Gasteiger partial charge in [-0.05, 0) is 24.2 Å². The van der Waals surface area contributed by atoms with E-state index in [4.69, 9.17) is 16.3 Å². The Hall–Kier alpha value is -0.780. The minimum absolute atomic E-state index is 0.00680. The lowest BCUT2D eigenvalue weighted by Crippen LogP contribution is -2.26. The van der Waals surface area contributed by atoms with Crippen LogP contribution in [0.3, 0.4) is 0 Å². The summed E-state index contributed by atoms with van der Waals surface area (Å²) in [4.78, 5) is 0. The molecule has 0 aliphatic rings. The lowest BCUT2D eigenvalue weighted by molar-refractivity contribution is -0.174. The molecule has 0 heterocycles. The number of hydrogen-bond acceptors (Lipinski definition) is 2. The van der Waals surface area contributed by atoms with Gasteiger partial charge in [-0.15, -0.1) is 0 Å². The fourth-order valence-corrected chi connectivity index (χ4v) is 1.87. The monoisotopic (exact) mass is 295 g/mol. The van der Waals surface area contributed by atoms with Crippen LogP contribution in [0.4, 0.5) is 13.2 Å². The molecule has 0 aliphatic heterocycles. The van der Waals surface area contributed by atoms with Crippen molar-refractivity contribution >= 4 is 11.6 Å². The van der Waals surface area contributed by atoms with Crippen LogP contribution in [0.1, 0.15) is 18.4 Å². The molecule has 0 amide bonds. The zero-order valence-electron chi connectivity index (χ0n) is 10.6. The van der Waals surface area contributed by atoms with Crippen LogP contribution in [0.25, 0.3) is 0 Å². The zero-order valence-corrected chi connectivity index (χ0v) is 11.4. The third kappa shape index (κ3) is 6.80. The van der Waals surface area contributed by atoms with E-state index >= 15 is 0 Å². The number of likely N-dealkylation sites (N-methyl/N-ethyl adjacent to an activating group) is 1. The maximum absolute atomic E-state index is 12.1. The summed E-state index contributed by atoms with van der Waals surface area (Å²) in [5, 5.41) is 3.67. The van der Waals surface area contributed by atoms with Crippen LogP contribution in [0.15, 0.2) is 24.3 Å². The van der Waals surface area contributed by atoms with Gasteiger partial charge in [0.2, 0.25) is 0 Å². The number of hydrogen-bond donors (Lipinski definition) is 1. The van der Waals surface area contributed by atoms with Crippen molar-refractivity contribution in [1.29, 1.82) is 0 Å². The predicted octanol–water partition coefficient (Wildman–Crippen LogP) is 3.61. The van der Waals surface area contributed by atoms with Crippen molar-refractivity contribution in [2.24, 2.45) is 0 Å². The molecule has 19 heavy (non-hydrogen) atoms. The first kappa shape index (κ1) is 16.3. The highest BCUT2D eigenvalue weighted by molar-refractivity contribution is 6.30. The van der Waals surface area contributed by atoms with Crippen LogP contribution in [0.2, 0.25) is 5.02 Å². The van der Waals surface area contributed by atoms with Gasteiger partial charge in [0, 0.05) is 17.5 Å². The van der Waals surface area contributed by atoms with Crippen molar-refractivity contribution < 1.29 is 17.9 Å². The molecule has 0 aliphatic carbocycles. The maximum atomic E-state index is 12.1. The third-order valence-electron chi connectivity index (χ3n) is 2.55. The molecule has 0 aromatic heterocycles. The molecule has 0 spiro atoms. The van der Waals surface area contributed by atoms with Crippen LogP contribution in [-0.4, -0.2) is 32.5 Å². The van der Waals surface area contributed by atoms with Crippen molar-refractivity contribution in [2.45, 2.75) is 19.0 Å². The Balaban J connectivity index is 2.61. The molecule has 1 atom stereocenters. The van der Waals surface area contributed by atoms with Crippen molar-refractivity contribution in [2.75, 3.05) is 26.3 Å². The Morgan fingerprint density at radius 3 is 2.68 bits per heavy atom. The highest BCUT2D eigenvalue weighted by Crippen LogP contribution is 2.21. The van der Waals surface area contributed by atoms with E-state index in [1.54, 1.807) is 18.2 Å². The molecular formula is C13H17ClF3NO. The van der Waals surface area contributed by atoms with Crippen LogP contribution in [0.5, 0.6) is 0 Å². The molecule has 0 fully saturated rings. The van der Waals surface area contributed by atoms with Gasteiger partial charge in [0.25, 0.3) is 0 Å². The molecule has 2 nitrogen and oxygen atoms in total. The summed E-state index contributed by atoms with van der Waals surface area (Å²) in [6.45, 7) is 2.01. The van der Waals surface area contributed by atoms with Crippen molar-refractivity contribution in [3.8, 4) is 0 Å². The Labute approximate surface area is 115 Å². The fourth-order valence-electron chi connectivity index (χ4n) is 1.67.